The van der Waals surface area contributed by atoms with E-state index in [1.165, 1.54) is 0 Å². The van der Waals surface area contributed by atoms with Gasteiger partial charge in [-0.1, -0.05) is 51.3 Å². The Bertz CT molecular complexity index is 1330. The van der Waals surface area contributed by atoms with E-state index in [2.05, 4.69) is 40.6 Å². The summed E-state index contributed by atoms with van der Waals surface area (Å²) in [7, 11) is 3.37. The molecule has 40 heavy (non-hydrogen) atoms. The van der Waals surface area contributed by atoms with E-state index in [4.69, 9.17) is 15.5 Å². The molecule has 1 amide bonds. The fourth-order valence-electron chi connectivity index (χ4n) is 4.18. The Hall–Kier alpha value is -3.89. The van der Waals surface area contributed by atoms with Crippen molar-refractivity contribution in [3.63, 3.8) is 0 Å². The molecule has 3 N–H and O–H groups in total. The van der Waals surface area contributed by atoms with Gasteiger partial charge >= 0.3 is 0 Å². The number of allylic oxidation sites excluding steroid dienone is 3. The lowest BCUT2D eigenvalue weighted by molar-refractivity contribution is 0.102. The molecule has 0 radical (unpaired) electrons. The normalized spacial score (nSPS) is 14.5. The average molecular weight is 544 g/mol. The first-order chi connectivity index (χ1) is 19.3. The van der Waals surface area contributed by atoms with Crippen LogP contribution in [0.1, 0.15) is 94.4 Å². The van der Waals surface area contributed by atoms with Crippen molar-refractivity contribution in [1.82, 2.24) is 4.57 Å². The number of hydrogen-bond donors (Lipinski definition) is 2. The quantitative estimate of drug-likeness (QED) is 0.244. The van der Waals surface area contributed by atoms with Crippen LogP contribution in [-0.4, -0.2) is 37.1 Å². The van der Waals surface area contributed by atoms with Gasteiger partial charge in [-0.15, -0.1) is 0 Å². The summed E-state index contributed by atoms with van der Waals surface area (Å²) in [6.07, 6.45) is 10.9. The number of nitrogens with zero attached hydrogens (tertiary/aromatic N) is 3. The van der Waals surface area contributed by atoms with Crippen LogP contribution < -0.4 is 11.1 Å². The number of aliphatic imine (C=N–C) groups is 2. The van der Waals surface area contributed by atoms with E-state index in [-0.39, 0.29) is 11.4 Å². The Balaban J connectivity index is 0.00000274. The van der Waals surface area contributed by atoms with Gasteiger partial charge in [0.05, 0.1) is 17.7 Å². The third-order valence-electron chi connectivity index (χ3n) is 6.45. The lowest BCUT2D eigenvalue weighted by atomic mass is 10.0. The summed E-state index contributed by atoms with van der Waals surface area (Å²) in [6, 6.07) is 7.61. The number of aromatic nitrogens is 1. The molecule has 1 aliphatic rings. The van der Waals surface area contributed by atoms with E-state index in [0.717, 1.165) is 36.8 Å². The van der Waals surface area contributed by atoms with Gasteiger partial charge in [0.1, 0.15) is 11.5 Å². The maximum Gasteiger partial charge on any atom is 0.259 e. The molecular weight excluding hydrogens is 498 g/mol. The number of nitrogens with two attached hydrogens (primary N) is 1. The molecule has 1 saturated carbocycles. The molecule has 7 heteroatoms. The van der Waals surface area contributed by atoms with E-state index in [1.807, 2.05) is 64.1 Å². The fraction of sp³-hybridized carbons (Fsp3) is 0.424. The van der Waals surface area contributed by atoms with Crippen LogP contribution in [0, 0.1) is 11.8 Å². The Morgan fingerprint density at radius 2 is 1.90 bits per heavy atom. The summed E-state index contributed by atoms with van der Waals surface area (Å²) >= 11 is 0. The van der Waals surface area contributed by atoms with Crippen LogP contribution in [0.25, 0.3) is 5.70 Å². The highest BCUT2D eigenvalue weighted by Gasteiger charge is 2.44. The predicted molar refractivity (Wildman–Crippen MR) is 170 cm³/mol. The second-order valence-corrected chi connectivity index (χ2v) is 9.68. The van der Waals surface area contributed by atoms with E-state index < -0.39 is 0 Å². The zero-order valence-electron chi connectivity index (χ0n) is 25.4. The minimum atomic E-state index is -0.274. The Morgan fingerprint density at radius 1 is 1.23 bits per heavy atom. The SMILES string of the molecule is C/C=N\c1c(/C(N)=C\CCC)c(C(=O)Nc2ccc(COC)cc2)c(C#C/C(C)=C/C=NC)n1C1(C)CC1.CC. The van der Waals surface area contributed by atoms with Gasteiger partial charge in [0.15, 0.2) is 0 Å². The highest BCUT2D eigenvalue weighted by molar-refractivity contribution is 6.10. The molecular formula is C33H45N5O2. The zero-order valence-corrected chi connectivity index (χ0v) is 25.4. The number of rotatable bonds is 10. The molecule has 0 unspecified atom stereocenters. The van der Waals surface area contributed by atoms with E-state index in [9.17, 15) is 4.79 Å². The van der Waals surface area contributed by atoms with Gasteiger partial charge in [-0.2, -0.15) is 0 Å². The summed E-state index contributed by atoms with van der Waals surface area (Å²) in [5.41, 5.74) is 11.2. The first-order valence-corrected chi connectivity index (χ1v) is 14.0. The molecule has 1 aliphatic carbocycles. The molecule has 7 nitrogen and oxygen atoms in total. The van der Waals surface area contributed by atoms with Crippen LogP contribution in [-0.2, 0) is 16.9 Å². The van der Waals surface area contributed by atoms with Gasteiger partial charge in [0.2, 0.25) is 0 Å². The zero-order chi connectivity index (χ0) is 29.7. The molecule has 0 saturated heterocycles. The van der Waals surface area contributed by atoms with Crippen LogP contribution in [0.4, 0.5) is 11.5 Å². The van der Waals surface area contributed by atoms with Crippen molar-refractivity contribution in [1.29, 1.82) is 0 Å². The molecule has 0 bridgehead atoms. The summed E-state index contributed by atoms with van der Waals surface area (Å²) in [5, 5.41) is 3.06. The second-order valence-electron chi connectivity index (χ2n) is 9.68. The van der Waals surface area contributed by atoms with Crippen molar-refractivity contribution < 1.29 is 9.53 Å². The lowest BCUT2D eigenvalue weighted by Gasteiger charge is -2.16. The first-order valence-electron chi connectivity index (χ1n) is 14.0. The number of methoxy groups -OCH3 is 1. The molecule has 1 fully saturated rings. The molecule has 0 spiro atoms. The van der Waals surface area contributed by atoms with Crippen LogP contribution in [0.15, 0.2) is 52.0 Å². The van der Waals surface area contributed by atoms with Gasteiger partial charge in [-0.05, 0) is 69.7 Å². The van der Waals surface area contributed by atoms with Crippen LogP contribution in [0.3, 0.4) is 0 Å². The summed E-state index contributed by atoms with van der Waals surface area (Å²) < 4.78 is 7.31. The van der Waals surface area contributed by atoms with E-state index in [0.29, 0.717) is 40.6 Å². The number of carbonyl (C=O) groups excluding carboxylic acids is 1. The maximum absolute atomic E-state index is 14.0. The lowest BCUT2D eigenvalue weighted by Crippen LogP contribution is -2.18. The number of ether oxygens (including phenoxy) is 1. The van der Waals surface area contributed by atoms with Gasteiger partial charge in [-0.25, -0.2) is 4.99 Å². The summed E-state index contributed by atoms with van der Waals surface area (Å²) in [5.74, 6) is 6.91. The standard InChI is InChI=1S/C31H39N5O2.C2H6/c1-7-9-10-25(32)27-28(30(37)35-24-14-12-23(13-15-24)21-38-6)26(16-11-22(3)17-20-33-5)36(29(27)34-8-2)31(4)18-19-31;1-2/h8,10,12-15,17,20H,7,9,18-19,21,32H2,1-6H3,(H,35,37);1-2H3/b22-17+,25-10+,33-20?,34-8-;. The van der Waals surface area contributed by atoms with Crippen LogP contribution >= 0.6 is 0 Å². The van der Waals surface area contributed by atoms with Gasteiger partial charge in [-0.3, -0.25) is 9.79 Å². The smallest absolute Gasteiger partial charge is 0.259 e. The fourth-order valence-corrected chi connectivity index (χ4v) is 4.18. The third-order valence-corrected chi connectivity index (χ3v) is 6.45. The number of hydrogen-bond acceptors (Lipinski definition) is 5. The van der Waals surface area contributed by atoms with Gasteiger partial charge in [0, 0.05) is 49.1 Å². The van der Waals surface area contributed by atoms with Crippen LogP contribution in [0.5, 0.6) is 0 Å². The minimum absolute atomic E-state index is 0.186. The molecule has 2 aromatic rings. The number of unbranched alkanes of at least 4 members (excludes halogenated alkanes) is 1. The Labute approximate surface area is 240 Å². The minimum Gasteiger partial charge on any atom is -0.398 e. The van der Waals surface area contributed by atoms with Crippen molar-refractivity contribution >= 4 is 35.5 Å². The second kappa shape index (κ2) is 15.6. The Morgan fingerprint density at radius 3 is 2.45 bits per heavy atom. The van der Waals surface area contributed by atoms with Crippen molar-refractivity contribution in [3.05, 3.63) is 64.4 Å². The van der Waals surface area contributed by atoms with Gasteiger partial charge in [0.25, 0.3) is 5.91 Å². The molecule has 3 rings (SSSR count). The summed E-state index contributed by atoms with van der Waals surface area (Å²) in [4.78, 5) is 22.7. The van der Waals surface area contributed by atoms with Crippen molar-refractivity contribution in [2.75, 3.05) is 19.5 Å². The highest BCUT2D eigenvalue weighted by Crippen LogP contribution is 2.50. The van der Waals surface area contributed by atoms with Gasteiger partial charge < -0.3 is 20.4 Å². The highest BCUT2D eigenvalue weighted by atomic mass is 16.5. The monoisotopic (exact) mass is 543 g/mol. The van der Waals surface area contributed by atoms with Crippen molar-refractivity contribution in [2.45, 2.75) is 79.4 Å². The average Bonchev–Trinajstić information content (AvgIpc) is 3.61. The number of carbonyl (C=O) groups is 1. The topological polar surface area (TPSA) is 94.0 Å². The number of benzene rings is 1. The molecule has 1 aromatic carbocycles. The first kappa shape index (κ1) is 32.3. The predicted octanol–water partition coefficient (Wildman–Crippen LogP) is 7.24. The van der Waals surface area contributed by atoms with E-state index >= 15 is 0 Å². The Kier molecular flexibility index (Phi) is 12.6. The van der Waals surface area contributed by atoms with Crippen LogP contribution in [0.2, 0.25) is 0 Å². The number of amides is 1. The number of nitrogens with one attached hydrogen (secondary N) is 1. The molecule has 214 valence electrons. The third kappa shape index (κ3) is 8.06. The largest absolute Gasteiger partial charge is 0.398 e. The maximum atomic E-state index is 14.0. The molecule has 0 atom stereocenters. The van der Waals surface area contributed by atoms with Crippen molar-refractivity contribution in [3.8, 4) is 11.8 Å². The molecule has 1 heterocycles. The molecule has 0 aliphatic heterocycles. The van der Waals surface area contributed by atoms with E-state index in [1.54, 1.807) is 26.6 Å². The summed E-state index contributed by atoms with van der Waals surface area (Å²) in [6.45, 7) is 12.6. The molecule has 1 aromatic heterocycles. The number of anilines is 1. The van der Waals surface area contributed by atoms with Crippen molar-refractivity contribution in [2.24, 2.45) is 15.7 Å².